The van der Waals surface area contributed by atoms with E-state index in [1.54, 1.807) is 11.3 Å². The van der Waals surface area contributed by atoms with Crippen LogP contribution >= 0.6 is 11.3 Å². The van der Waals surface area contributed by atoms with Gasteiger partial charge in [0.05, 0.1) is 28.0 Å². The lowest BCUT2D eigenvalue weighted by Crippen LogP contribution is -1.99. The van der Waals surface area contributed by atoms with Crippen molar-refractivity contribution in [1.29, 1.82) is 0 Å². The second kappa shape index (κ2) is 4.35. The Morgan fingerprint density at radius 3 is 2.85 bits per heavy atom. The molecule has 0 unspecified atom stereocenters. The van der Waals surface area contributed by atoms with E-state index < -0.39 is 0 Å². The number of thiazole rings is 1. The van der Waals surface area contributed by atoms with Gasteiger partial charge in [-0.05, 0) is 24.3 Å². The Bertz CT molecular complexity index is 871. The molecule has 3 nitrogen and oxygen atoms in total. The van der Waals surface area contributed by atoms with Crippen molar-refractivity contribution in [2.45, 2.75) is 6.54 Å². The molecular weight excluding hydrogens is 266 g/mol. The van der Waals surface area contributed by atoms with Gasteiger partial charge in [-0.3, -0.25) is 0 Å². The Morgan fingerprint density at radius 2 is 1.95 bits per heavy atom. The van der Waals surface area contributed by atoms with E-state index in [4.69, 9.17) is 5.73 Å². The normalized spacial score (nSPS) is 11.4. The zero-order valence-corrected chi connectivity index (χ0v) is 11.6. The highest BCUT2D eigenvalue weighted by Gasteiger charge is 2.08. The number of nitrogen functional groups attached to an aromatic ring is 1. The standard InChI is InChI=1S/C16H13N3S/c17-12-5-3-4-11-8-9-19(16(11)12)10-15-18-13-6-1-2-7-14(13)20-15/h1-9H,10,17H2. The summed E-state index contributed by atoms with van der Waals surface area (Å²) in [5, 5.41) is 2.28. The molecule has 0 amide bonds. The fraction of sp³-hybridized carbons (Fsp3) is 0.0625. The minimum absolute atomic E-state index is 0.761. The van der Waals surface area contributed by atoms with E-state index in [1.807, 2.05) is 24.3 Å². The van der Waals surface area contributed by atoms with Crippen LogP contribution in [0.5, 0.6) is 0 Å². The summed E-state index contributed by atoms with van der Waals surface area (Å²) in [5.74, 6) is 0. The van der Waals surface area contributed by atoms with Crippen molar-refractivity contribution in [3.05, 3.63) is 59.7 Å². The zero-order valence-electron chi connectivity index (χ0n) is 10.8. The van der Waals surface area contributed by atoms with Crippen LogP contribution in [-0.2, 0) is 6.54 Å². The summed E-state index contributed by atoms with van der Waals surface area (Å²) in [7, 11) is 0. The van der Waals surface area contributed by atoms with Crippen molar-refractivity contribution in [2.75, 3.05) is 5.73 Å². The first-order valence-corrected chi connectivity index (χ1v) is 7.31. The van der Waals surface area contributed by atoms with Crippen LogP contribution in [0, 0.1) is 0 Å². The van der Waals surface area contributed by atoms with Crippen LogP contribution < -0.4 is 5.73 Å². The van der Waals surface area contributed by atoms with E-state index in [-0.39, 0.29) is 0 Å². The van der Waals surface area contributed by atoms with Gasteiger partial charge in [0.1, 0.15) is 5.01 Å². The lowest BCUT2D eigenvalue weighted by molar-refractivity contribution is 0.831. The quantitative estimate of drug-likeness (QED) is 0.566. The summed E-state index contributed by atoms with van der Waals surface area (Å²) in [5.41, 5.74) is 9.06. The highest BCUT2D eigenvalue weighted by atomic mass is 32.1. The molecule has 0 aliphatic heterocycles. The summed E-state index contributed by atoms with van der Waals surface area (Å²) < 4.78 is 3.40. The third-order valence-electron chi connectivity index (χ3n) is 3.46. The molecule has 4 aromatic rings. The molecule has 0 atom stereocenters. The monoisotopic (exact) mass is 279 g/mol. The van der Waals surface area contributed by atoms with E-state index in [9.17, 15) is 0 Å². The maximum absolute atomic E-state index is 6.09. The third kappa shape index (κ3) is 1.77. The van der Waals surface area contributed by atoms with Gasteiger partial charge in [-0.25, -0.2) is 4.98 Å². The molecule has 2 heterocycles. The first-order chi connectivity index (χ1) is 9.81. The molecule has 0 aliphatic carbocycles. The van der Waals surface area contributed by atoms with Gasteiger partial charge < -0.3 is 10.3 Å². The smallest absolute Gasteiger partial charge is 0.114 e. The first-order valence-electron chi connectivity index (χ1n) is 6.49. The van der Waals surface area contributed by atoms with E-state index in [0.29, 0.717) is 0 Å². The van der Waals surface area contributed by atoms with Gasteiger partial charge in [0.15, 0.2) is 0 Å². The van der Waals surface area contributed by atoms with Crippen molar-refractivity contribution in [3.8, 4) is 0 Å². The molecule has 0 radical (unpaired) electrons. The molecule has 20 heavy (non-hydrogen) atoms. The maximum Gasteiger partial charge on any atom is 0.114 e. The number of para-hydroxylation sites is 2. The van der Waals surface area contributed by atoms with E-state index >= 15 is 0 Å². The van der Waals surface area contributed by atoms with Crippen LogP contribution in [0.1, 0.15) is 5.01 Å². The molecule has 2 N–H and O–H groups in total. The number of benzene rings is 2. The second-order valence-electron chi connectivity index (χ2n) is 4.80. The topological polar surface area (TPSA) is 43.8 Å². The number of fused-ring (bicyclic) bond motifs is 2. The van der Waals surface area contributed by atoms with Gasteiger partial charge in [-0.15, -0.1) is 11.3 Å². The molecule has 4 rings (SSSR count). The molecule has 0 saturated heterocycles. The lowest BCUT2D eigenvalue weighted by Gasteiger charge is -2.05. The summed E-state index contributed by atoms with van der Waals surface area (Å²) >= 11 is 1.74. The fourth-order valence-corrected chi connectivity index (χ4v) is 3.52. The Labute approximate surface area is 120 Å². The van der Waals surface area contributed by atoms with Gasteiger partial charge in [0.2, 0.25) is 0 Å². The molecule has 0 bridgehead atoms. The first kappa shape index (κ1) is 11.5. The Morgan fingerprint density at radius 1 is 1.05 bits per heavy atom. The molecule has 0 fully saturated rings. The van der Waals surface area contributed by atoms with Crippen LogP contribution in [0.2, 0.25) is 0 Å². The van der Waals surface area contributed by atoms with Crippen molar-refractivity contribution in [2.24, 2.45) is 0 Å². The minimum atomic E-state index is 0.761. The number of rotatable bonds is 2. The molecule has 0 spiro atoms. The van der Waals surface area contributed by atoms with Crippen LogP contribution in [0.4, 0.5) is 5.69 Å². The molecular formula is C16H13N3S. The van der Waals surface area contributed by atoms with Crippen LogP contribution in [0.3, 0.4) is 0 Å². The Hall–Kier alpha value is -2.33. The number of anilines is 1. The van der Waals surface area contributed by atoms with Crippen LogP contribution in [-0.4, -0.2) is 9.55 Å². The van der Waals surface area contributed by atoms with Crippen molar-refractivity contribution in [3.63, 3.8) is 0 Å². The predicted molar refractivity (Wildman–Crippen MR) is 85.1 cm³/mol. The average Bonchev–Trinajstić information content (AvgIpc) is 3.03. The summed E-state index contributed by atoms with van der Waals surface area (Å²) in [6.45, 7) is 0.761. The predicted octanol–water partition coefficient (Wildman–Crippen LogP) is 3.88. The maximum atomic E-state index is 6.09. The fourth-order valence-electron chi connectivity index (χ4n) is 2.56. The highest BCUT2D eigenvalue weighted by molar-refractivity contribution is 7.18. The van der Waals surface area contributed by atoms with E-state index in [1.165, 1.54) is 10.1 Å². The number of hydrogen-bond donors (Lipinski definition) is 1. The highest BCUT2D eigenvalue weighted by Crippen LogP contribution is 2.26. The van der Waals surface area contributed by atoms with Crippen LogP contribution in [0.15, 0.2) is 54.7 Å². The van der Waals surface area contributed by atoms with Gasteiger partial charge in [-0.2, -0.15) is 0 Å². The third-order valence-corrected chi connectivity index (χ3v) is 4.48. The van der Waals surface area contributed by atoms with Crippen molar-refractivity contribution >= 4 is 38.1 Å². The molecule has 98 valence electrons. The van der Waals surface area contributed by atoms with E-state index in [0.717, 1.165) is 28.3 Å². The van der Waals surface area contributed by atoms with Gasteiger partial charge >= 0.3 is 0 Å². The number of nitrogens with zero attached hydrogens (tertiary/aromatic N) is 2. The minimum Gasteiger partial charge on any atom is -0.397 e. The summed E-state index contributed by atoms with van der Waals surface area (Å²) in [6.07, 6.45) is 2.08. The van der Waals surface area contributed by atoms with Crippen molar-refractivity contribution < 1.29 is 0 Å². The second-order valence-corrected chi connectivity index (χ2v) is 5.92. The largest absolute Gasteiger partial charge is 0.397 e. The molecule has 2 aromatic carbocycles. The molecule has 4 heteroatoms. The van der Waals surface area contributed by atoms with E-state index in [2.05, 4.69) is 40.0 Å². The molecule has 2 aromatic heterocycles. The number of nitrogens with two attached hydrogens (primary N) is 1. The zero-order chi connectivity index (χ0) is 13.5. The Kier molecular flexibility index (Phi) is 2.50. The van der Waals surface area contributed by atoms with Crippen molar-refractivity contribution in [1.82, 2.24) is 9.55 Å². The SMILES string of the molecule is Nc1cccc2ccn(Cc3nc4ccccc4s3)c12. The molecule has 0 aliphatic rings. The molecule has 0 saturated carbocycles. The lowest BCUT2D eigenvalue weighted by atomic mass is 10.2. The van der Waals surface area contributed by atoms with Gasteiger partial charge in [-0.1, -0.05) is 24.3 Å². The van der Waals surface area contributed by atoms with Gasteiger partial charge in [0.25, 0.3) is 0 Å². The number of hydrogen-bond acceptors (Lipinski definition) is 3. The van der Waals surface area contributed by atoms with Gasteiger partial charge in [0, 0.05) is 11.6 Å². The Balaban J connectivity index is 1.80. The summed E-state index contributed by atoms with van der Waals surface area (Å²) in [6, 6.07) is 16.3. The van der Waals surface area contributed by atoms with Crippen LogP contribution in [0.25, 0.3) is 21.1 Å². The average molecular weight is 279 g/mol. The summed E-state index contributed by atoms with van der Waals surface area (Å²) in [4.78, 5) is 4.68. The number of aromatic nitrogens is 2.